The zero-order valence-electron chi connectivity index (χ0n) is 11.8. The van der Waals surface area contributed by atoms with E-state index < -0.39 is 11.2 Å². The van der Waals surface area contributed by atoms with Crippen molar-refractivity contribution in [1.82, 2.24) is 0 Å². The number of benzene rings is 1. The molecule has 0 bridgehead atoms. The molecule has 1 saturated heterocycles. The van der Waals surface area contributed by atoms with E-state index in [1.165, 1.54) is 7.11 Å². The predicted octanol–water partition coefficient (Wildman–Crippen LogP) is 2.13. The van der Waals surface area contributed by atoms with Gasteiger partial charge in [-0.05, 0) is 11.5 Å². The largest absolute Gasteiger partial charge is 0.467 e. The molecule has 0 amide bonds. The number of esters is 1. The van der Waals surface area contributed by atoms with Gasteiger partial charge in [-0.1, -0.05) is 44.2 Å². The average molecular weight is 264 g/mol. The van der Waals surface area contributed by atoms with E-state index in [0.29, 0.717) is 6.61 Å². The third-order valence-electron chi connectivity index (χ3n) is 3.78. The fourth-order valence-corrected chi connectivity index (χ4v) is 2.83. The Hall–Kier alpha value is -1.39. The van der Waals surface area contributed by atoms with Crippen molar-refractivity contribution in [3.05, 3.63) is 35.9 Å². The first kappa shape index (κ1) is 14.0. The van der Waals surface area contributed by atoms with Gasteiger partial charge in [-0.15, -0.1) is 0 Å². The summed E-state index contributed by atoms with van der Waals surface area (Å²) in [5, 5.41) is 0. The van der Waals surface area contributed by atoms with Gasteiger partial charge >= 0.3 is 5.97 Å². The quantitative estimate of drug-likeness (QED) is 0.604. The fourth-order valence-electron chi connectivity index (χ4n) is 2.83. The molecule has 0 N–H and O–H groups in total. The van der Waals surface area contributed by atoms with Gasteiger partial charge in [-0.2, -0.15) is 0 Å². The summed E-state index contributed by atoms with van der Waals surface area (Å²) in [7, 11) is 2.99. The highest BCUT2D eigenvalue weighted by atomic mass is 16.7. The number of carbonyl (C=O) groups excluding carboxylic acids is 1. The van der Waals surface area contributed by atoms with Crippen LogP contribution < -0.4 is 0 Å². The highest BCUT2D eigenvalue weighted by molar-refractivity contribution is 5.86. The third kappa shape index (κ3) is 1.86. The molecule has 0 saturated carbocycles. The minimum Gasteiger partial charge on any atom is -0.467 e. The lowest BCUT2D eigenvalue weighted by Gasteiger charge is -2.21. The molecule has 104 valence electrons. The van der Waals surface area contributed by atoms with Crippen LogP contribution in [0.15, 0.2) is 30.3 Å². The van der Waals surface area contributed by atoms with E-state index in [2.05, 4.69) is 0 Å². The number of hydrogen-bond acceptors (Lipinski definition) is 4. The minimum absolute atomic E-state index is 0.00435. The van der Waals surface area contributed by atoms with E-state index in [4.69, 9.17) is 14.2 Å². The van der Waals surface area contributed by atoms with Crippen molar-refractivity contribution in [3.63, 3.8) is 0 Å². The maximum atomic E-state index is 12.2. The maximum Gasteiger partial charge on any atom is 0.341 e. The third-order valence-corrected chi connectivity index (χ3v) is 3.78. The molecule has 0 radical (unpaired) electrons. The summed E-state index contributed by atoms with van der Waals surface area (Å²) in [6.07, 6.45) is 0. The molecule has 1 fully saturated rings. The van der Waals surface area contributed by atoms with Gasteiger partial charge in [0.2, 0.25) is 5.60 Å². The molecule has 2 unspecified atom stereocenters. The first-order valence-corrected chi connectivity index (χ1v) is 6.38. The molecule has 19 heavy (non-hydrogen) atoms. The molecule has 1 aromatic carbocycles. The van der Waals surface area contributed by atoms with Crippen molar-refractivity contribution >= 4 is 5.97 Å². The molecule has 0 spiro atoms. The van der Waals surface area contributed by atoms with Gasteiger partial charge < -0.3 is 14.2 Å². The molecular formula is C15H20O4. The summed E-state index contributed by atoms with van der Waals surface area (Å²) in [6.45, 7) is 4.23. The summed E-state index contributed by atoms with van der Waals surface area (Å²) in [6, 6.07) is 9.69. The SMILES string of the molecule is COCC1(c2ccccc2)OC1(C(=O)OC)C(C)C. The minimum atomic E-state index is -0.959. The van der Waals surface area contributed by atoms with Gasteiger partial charge in [0.1, 0.15) is 0 Å². The molecule has 1 heterocycles. The fraction of sp³-hybridized carbons (Fsp3) is 0.533. The van der Waals surface area contributed by atoms with Crippen LogP contribution >= 0.6 is 0 Å². The number of methoxy groups -OCH3 is 2. The molecular weight excluding hydrogens is 244 g/mol. The molecule has 1 aliphatic heterocycles. The lowest BCUT2D eigenvalue weighted by Crippen LogP contribution is -2.40. The van der Waals surface area contributed by atoms with Crippen molar-refractivity contribution in [1.29, 1.82) is 0 Å². The molecule has 0 aliphatic carbocycles. The van der Waals surface area contributed by atoms with E-state index in [-0.39, 0.29) is 11.9 Å². The summed E-state index contributed by atoms with van der Waals surface area (Å²) in [5.74, 6) is -0.348. The van der Waals surface area contributed by atoms with Gasteiger partial charge in [-0.25, -0.2) is 4.79 Å². The Labute approximate surface area is 113 Å². The average Bonchev–Trinajstić information content (AvgIpc) is 3.11. The standard InChI is InChI=1S/C15H20O4/c1-11(2)15(13(16)18-4)14(19-15,10-17-3)12-8-6-5-7-9-12/h5-9,11H,10H2,1-4H3. The molecule has 2 rings (SSSR count). The van der Waals surface area contributed by atoms with Crippen LogP contribution in [0.3, 0.4) is 0 Å². The van der Waals surface area contributed by atoms with Crippen molar-refractivity contribution < 1.29 is 19.0 Å². The van der Waals surface area contributed by atoms with Crippen LogP contribution in [0.25, 0.3) is 0 Å². The monoisotopic (exact) mass is 264 g/mol. The van der Waals surface area contributed by atoms with Crippen LogP contribution in [0.4, 0.5) is 0 Å². The Morgan fingerprint density at radius 2 is 1.89 bits per heavy atom. The van der Waals surface area contributed by atoms with Crippen LogP contribution in [0, 0.1) is 5.92 Å². The first-order chi connectivity index (χ1) is 9.05. The zero-order chi connectivity index (χ0) is 14.1. The molecule has 2 atom stereocenters. The summed E-state index contributed by atoms with van der Waals surface area (Å²) < 4.78 is 16.2. The Morgan fingerprint density at radius 1 is 1.26 bits per heavy atom. The predicted molar refractivity (Wildman–Crippen MR) is 70.7 cm³/mol. The number of rotatable bonds is 5. The Balaban J connectivity index is 2.47. The zero-order valence-corrected chi connectivity index (χ0v) is 11.8. The highest BCUT2D eigenvalue weighted by Crippen LogP contribution is 2.60. The van der Waals surface area contributed by atoms with Crippen LogP contribution in [0.5, 0.6) is 0 Å². The molecule has 1 aromatic rings. The molecule has 4 nitrogen and oxygen atoms in total. The summed E-state index contributed by atoms with van der Waals surface area (Å²) in [4.78, 5) is 12.2. The van der Waals surface area contributed by atoms with Gasteiger partial charge in [0.25, 0.3) is 0 Å². The van der Waals surface area contributed by atoms with Gasteiger partial charge in [-0.3, -0.25) is 0 Å². The van der Waals surface area contributed by atoms with Crippen molar-refractivity contribution in [3.8, 4) is 0 Å². The Morgan fingerprint density at radius 3 is 2.37 bits per heavy atom. The van der Waals surface area contributed by atoms with E-state index in [1.807, 2.05) is 44.2 Å². The number of hydrogen-bond donors (Lipinski definition) is 0. The Bertz CT molecular complexity index is 456. The van der Waals surface area contributed by atoms with Crippen molar-refractivity contribution in [2.24, 2.45) is 5.92 Å². The topological polar surface area (TPSA) is 48.1 Å². The van der Waals surface area contributed by atoms with Gasteiger partial charge in [0, 0.05) is 7.11 Å². The van der Waals surface area contributed by atoms with Crippen molar-refractivity contribution in [2.45, 2.75) is 25.0 Å². The molecule has 1 aliphatic rings. The number of ether oxygens (including phenoxy) is 3. The maximum absolute atomic E-state index is 12.2. The van der Waals surface area contributed by atoms with E-state index >= 15 is 0 Å². The first-order valence-electron chi connectivity index (χ1n) is 6.38. The summed E-state index contributed by atoms with van der Waals surface area (Å²) >= 11 is 0. The van der Waals surface area contributed by atoms with E-state index in [0.717, 1.165) is 5.56 Å². The second kappa shape index (κ2) is 4.94. The highest BCUT2D eigenvalue weighted by Gasteiger charge is 2.77. The van der Waals surface area contributed by atoms with Crippen LogP contribution in [-0.4, -0.2) is 32.4 Å². The Kier molecular flexibility index (Phi) is 3.65. The number of epoxide rings is 1. The van der Waals surface area contributed by atoms with Crippen LogP contribution in [-0.2, 0) is 24.6 Å². The smallest absolute Gasteiger partial charge is 0.341 e. The van der Waals surface area contributed by atoms with E-state index in [9.17, 15) is 4.79 Å². The van der Waals surface area contributed by atoms with Crippen molar-refractivity contribution in [2.75, 3.05) is 20.8 Å². The van der Waals surface area contributed by atoms with Gasteiger partial charge in [0.05, 0.1) is 13.7 Å². The normalized spacial score (nSPS) is 29.3. The molecule has 0 aromatic heterocycles. The molecule has 4 heteroatoms. The summed E-state index contributed by atoms with van der Waals surface area (Å²) in [5.41, 5.74) is -0.764. The van der Waals surface area contributed by atoms with Gasteiger partial charge in [0.15, 0.2) is 5.60 Å². The van der Waals surface area contributed by atoms with Crippen LogP contribution in [0.1, 0.15) is 19.4 Å². The van der Waals surface area contributed by atoms with E-state index in [1.54, 1.807) is 7.11 Å². The lowest BCUT2D eigenvalue weighted by molar-refractivity contribution is -0.148. The number of carbonyl (C=O) groups is 1. The second-order valence-electron chi connectivity index (χ2n) is 5.11. The van der Waals surface area contributed by atoms with Crippen LogP contribution in [0.2, 0.25) is 0 Å². The lowest BCUT2D eigenvalue weighted by atomic mass is 9.79. The second-order valence-corrected chi connectivity index (χ2v) is 5.11.